The minimum Gasteiger partial charge on any atom is -0.497 e. The van der Waals surface area contributed by atoms with E-state index in [-0.39, 0.29) is 11.9 Å². The molecule has 218 valence electrons. The molecule has 8 nitrogen and oxygen atoms in total. The minimum atomic E-state index is -0.751. The largest absolute Gasteiger partial charge is 0.524 e. The first kappa shape index (κ1) is 30.3. The van der Waals surface area contributed by atoms with Crippen LogP contribution in [-0.4, -0.2) is 47.8 Å². The predicted octanol–water partition coefficient (Wildman–Crippen LogP) is 8.07. The summed E-state index contributed by atoms with van der Waals surface area (Å²) in [6.45, 7) is 13.6. The summed E-state index contributed by atoms with van der Waals surface area (Å²) in [5.41, 5.74) is 4.18. The molecular weight excluding hydrogens is 538 g/mol. The number of amides is 4. The number of rotatable bonds is 5. The van der Waals surface area contributed by atoms with Crippen LogP contribution in [0.4, 0.5) is 21.0 Å². The van der Waals surface area contributed by atoms with Crippen molar-refractivity contribution >= 4 is 40.7 Å². The van der Waals surface area contributed by atoms with Crippen LogP contribution in [-0.2, 0) is 4.74 Å². The van der Waals surface area contributed by atoms with Crippen molar-refractivity contribution in [1.29, 1.82) is 0 Å². The van der Waals surface area contributed by atoms with Crippen molar-refractivity contribution in [3.63, 3.8) is 0 Å². The Labute approximate surface area is 246 Å². The van der Waals surface area contributed by atoms with Crippen molar-refractivity contribution in [2.45, 2.75) is 73.0 Å². The zero-order chi connectivity index (χ0) is 30.1. The molecule has 2 heterocycles. The SMILES string of the molecule is COc1ccc(-c2cc(NC(=O)Nc3c(C)cc(C)cc3C)c(C(=O)[N+]3(C(=O)OC(C)(C)C)CCC[C@H]3C)s2)cc1. The van der Waals surface area contributed by atoms with Crippen molar-refractivity contribution in [3.05, 3.63) is 64.0 Å². The van der Waals surface area contributed by atoms with Crippen LogP contribution >= 0.6 is 11.3 Å². The van der Waals surface area contributed by atoms with Crippen LogP contribution in [0.5, 0.6) is 5.75 Å². The topological polar surface area (TPSA) is 93.7 Å². The van der Waals surface area contributed by atoms with E-state index in [0.29, 0.717) is 22.9 Å². The average Bonchev–Trinajstić information content (AvgIpc) is 3.49. The first-order valence-corrected chi connectivity index (χ1v) is 14.7. The number of nitrogens with one attached hydrogen (secondary N) is 2. The van der Waals surface area contributed by atoms with Gasteiger partial charge in [-0.1, -0.05) is 17.7 Å². The van der Waals surface area contributed by atoms with Crippen molar-refractivity contribution in [1.82, 2.24) is 0 Å². The van der Waals surface area contributed by atoms with E-state index in [9.17, 15) is 14.4 Å². The van der Waals surface area contributed by atoms with E-state index < -0.39 is 22.2 Å². The number of hydrogen-bond acceptors (Lipinski definition) is 6. The summed E-state index contributed by atoms with van der Waals surface area (Å²) in [5, 5.41) is 5.87. The number of nitrogens with zero attached hydrogens (tertiary/aromatic N) is 1. The number of anilines is 2. The number of hydrogen-bond donors (Lipinski definition) is 2. The van der Waals surface area contributed by atoms with Crippen LogP contribution in [0.3, 0.4) is 0 Å². The van der Waals surface area contributed by atoms with Crippen LogP contribution in [0, 0.1) is 20.8 Å². The summed E-state index contributed by atoms with van der Waals surface area (Å²) in [6, 6.07) is 12.6. The summed E-state index contributed by atoms with van der Waals surface area (Å²) >= 11 is 1.26. The maximum absolute atomic E-state index is 14.4. The number of imide groups is 1. The van der Waals surface area contributed by atoms with Gasteiger partial charge in [0, 0.05) is 23.4 Å². The standard InChI is InChI=1S/C32H39N3O5S/c1-19-16-20(2)27(21(3)17-19)34-30(37)33-25-18-26(23-11-13-24(39-8)14-12-23)41-28(25)29(36)35(15-9-10-22(35)4)31(38)40-32(5,6)7/h11-14,16-18,22H,9-10,15H2,1-8H3,(H-,33,34,36,37)/p+1/t22-,35?/m1/s1. The summed E-state index contributed by atoms with van der Waals surface area (Å²) < 4.78 is 10.7. The summed E-state index contributed by atoms with van der Waals surface area (Å²) in [7, 11) is 1.60. The molecule has 1 aromatic heterocycles. The number of quaternary nitrogens is 1. The lowest BCUT2D eigenvalue weighted by Crippen LogP contribution is -2.60. The molecule has 0 saturated carbocycles. The maximum atomic E-state index is 14.4. The van der Waals surface area contributed by atoms with E-state index in [2.05, 4.69) is 10.6 Å². The Balaban J connectivity index is 1.76. The van der Waals surface area contributed by atoms with Crippen LogP contribution in [0.2, 0.25) is 0 Å². The van der Waals surface area contributed by atoms with Gasteiger partial charge in [-0.25, -0.2) is 9.59 Å². The molecule has 1 saturated heterocycles. The number of thiophene rings is 1. The fraction of sp³-hybridized carbons (Fsp3) is 0.406. The summed E-state index contributed by atoms with van der Waals surface area (Å²) in [5.74, 6) is 0.343. The molecule has 2 atom stereocenters. The van der Waals surface area contributed by atoms with Crippen molar-refractivity contribution < 1.29 is 28.3 Å². The van der Waals surface area contributed by atoms with Crippen molar-refractivity contribution in [3.8, 4) is 16.2 Å². The van der Waals surface area contributed by atoms with Gasteiger partial charge in [-0.05, 0) is 95.5 Å². The maximum Gasteiger partial charge on any atom is 0.524 e. The Morgan fingerprint density at radius 2 is 1.61 bits per heavy atom. The van der Waals surface area contributed by atoms with Gasteiger partial charge in [0.2, 0.25) is 0 Å². The highest BCUT2D eigenvalue weighted by atomic mass is 32.1. The van der Waals surface area contributed by atoms with Crippen LogP contribution in [0.1, 0.15) is 66.9 Å². The Kier molecular flexibility index (Phi) is 8.61. The molecule has 4 rings (SSSR count). The monoisotopic (exact) mass is 578 g/mol. The quantitative estimate of drug-likeness (QED) is 0.299. The third kappa shape index (κ3) is 6.31. The molecule has 41 heavy (non-hydrogen) atoms. The van der Waals surface area contributed by atoms with Crippen molar-refractivity contribution in [2.24, 2.45) is 0 Å². The van der Waals surface area contributed by atoms with E-state index in [4.69, 9.17) is 9.47 Å². The Morgan fingerprint density at radius 1 is 0.976 bits per heavy atom. The van der Waals surface area contributed by atoms with Gasteiger partial charge >= 0.3 is 18.0 Å². The number of methoxy groups -OCH3 is 1. The number of carbonyl (C=O) groups is 3. The molecule has 0 bridgehead atoms. The fourth-order valence-corrected chi connectivity index (χ4v) is 6.56. The zero-order valence-electron chi connectivity index (χ0n) is 25.1. The molecule has 1 aliphatic rings. The molecule has 3 aromatic rings. The predicted molar refractivity (Wildman–Crippen MR) is 164 cm³/mol. The molecule has 0 spiro atoms. The number of benzene rings is 2. The number of urea groups is 1. The Bertz CT molecular complexity index is 1450. The van der Waals surface area contributed by atoms with Gasteiger partial charge in [0.15, 0.2) is 4.88 Å². The Morgan fingerprint density at radius 3 is 2.15 bits per heavy atom. The lowest BCUT2D eigenvalue weighted by molar-refractivity contribution is -0.787. The first-order valence-electron chi connectivity index (χ1n) is 13.9. The molecule has 0 aliphatic carbocycles. The van der Waals surface area contributed by atoms with Gasteiger partial charge in [0.25, 0.3) is 0 Å². The molecule has 1 unspecified atom stereocenters. The van der Waals surface area contributed by atoms with E-state index in [1.807, 2.05) is 64.1 Å². The summed E-state index contributed by atoms with van der Waals surface area (Å²) in [6.07, 6.45) is 0.878. The second-order valence-electron chi connectivity index (χ2n) is 11.8. The van der Waals surface area contributed by atoms with Gasteiger partial charge in [-0.15, -0.1) is 11.3 Å². The van der Waals surface area contributed by atoms with E-state index in [0.717, 1.165) is 45.7 Å². The van der Waals surface area contributed by atoms with Crippen LogP contribution in [0.15, 0.2) is 42.5 Å². The molecule has 2 N–H and O–H groups in total. The van der Waals surface area contributed by atoms with E-state index in [1.54, 1.807) is 33.9 Å². The van der Waals surface area contributed by atoms with Gasteiger partial charge in [0.05, 0.1) is 19.3 Å². The lowest BCUT2D eigenvalue weighted by Gasteiger charge is -2.34. The third-order valence-electron chi connectivity index (χ3n) is 7.43. The number of ether oxygens (including phenoxy) is 2. The van der Waals surface area contributed by atoms with Crippen molar-refractivity contribution in [2.75, 3.05) is 24.3 Å². The van der Waals surface area contributed by atoms with Gasteiger partial charge in [0.1, 0.15) is 17.4 Å². The molecule has 1 fully saturated rings. The molecule has 4 amide bonds. The third-order valence-corrected chi connectivity index (χ3v) is 8.60. The number of carbonyl (C=O) groups excluding carboxylic acids is 3. The molecular formula is C32H40N3O5S+. The fourth-order valence-electron chi connectivity index (χ4n) is 5.44. The normalized spacial score (nSPS) is 18.6. The lowest BCUT2D eigenvalue weighted by atomic mass is 10.1. The van der Waals surface area contributed by atoms with E-state index in [1.165, 1.54) is 11.3 Å². The highest BCUT2D eigenvalue weighted by Crippen LogP contribution is 2.41. The Hall–Kier alpha value is -3.69. The van der Waals surface area contributed by atoms with Gasteiger partial charge < -0.3 is 20.1 Å². The van der Waals surface area contributed by atoms with Gasteiger partial charge in [-0.3, -0.25) is 0 Å². The first-order chi connectivity index (χ1) is 19.2. The highest BCUT2D eigenvalue weighted by Gasteiger charge is 2.56. The summed E-state index contributed by atoms with van der Waals surface area (Å²) in [4.78, 5) is 42.5. The molecule has 2 aromatic carbocycles. The minimum absolute atomic E-state index is 0.261. The highest BCUT2D eigenvalue weighted by molar-refractivity contribution is 7.18. The molecule has 1 aliphatic heterocycles. The molecule has 9 heteroatoms. The zero-order valence-corrected chi connectivity index (χ0v) is 26.0. The van der Waals surface area contributed by atoms with E-state index >= 15 is 0 Å². The number of aryl methyl sites for hydroxylation is 3. The number of likely N-dealkylation sites (tertiary alicyclic amines) is 1. The second-order valence-corrected chi connectivity index (χ2v) is 12.9. The average molecular weight is 579 g/mol. The molecule has 0 radical (unpaired) electrons. The van der Waals surface area contributed by atoms with Gasteiger partial charge in [-0.2, -0.15) is 9.28 Å². The van der Waals surface area contributed by atoms with Crippen LogP contribution < -0.4 is 15.4 Å². The van der Waals surface area contributed by atoms with Crippen LogP contribution in [0.25, 0.3) is 10.4 Å². The smallest absolute Gasteiger partial charge is 0.497 e. The second kappa shape index (κ2) is 11.7.